The van der Waals surface area contributed by atoms with Crippen molar-refractivity contribution in [3.05, 3.63) is 29.8 Å². The molecule has 0 spiro atoms. The summed E-state index contributed by atoms with van der Waals surface area (Å²) in [6.45, 7) is 2.03. The van der Waals surface area contributed by atoms with Crippen LogP contribution >= 0.6 is 0 Å². The third-order valence-electron chi connectivity index (χ3n) is 3.48. The van der Waals surface area contributed by atoms with Crippen LogP contribution in [0.15, 0.2) is 24.3 Å². The molecule has 0 amide bonds. The van der Waals surface area contributed by atoms with E-state index in [1.54, 1.807) is 0 Å². The molecule has 0 aliphatic heterocycles. The molecule has 0 radical (unpaired) electrons. The molecule has 3 nitrogen and oxygen atoms in total. The van der Waals surface area contributed by atoms with Gasteiger partial charge in [0.15, 0.2) is 0 Å². The molecule has 2 rings (SSSR count). The summed E-state index contributed by atoms with van der Waals surface area (Å²) >= 11 is 0. The van der Waals surface area contributed by atoms with Gasteiger partial charge in [-0.2, -0.15) is 5.26 Å². The molecular formula is C15H21N3. The number of benzene rings is 1. The number of nitrogens with two attached hydrogens (primary N) is 1. The van der Waals surface area contributed by atoms with Crippen LogP contribution in [0, 0.1) is 11.3 Å². The third-order valence-corrected chi connectivity index (χ3v) is 3.48. The SMILES string of the molecule is N#CCCCCN(Cc1ccccc1N)C1CC1. The molecule has 0 atom stereocenters. The van der Waals surface area contributed by atoms with Gasteiger partial charge in [-0.1, -0.05) is 18.2 Å². The first kappa shape index (κ1) is 12.9. The van der Waals surface area contributed by atoms with E-state index in [2.05, 4.69) is 17.0 Å². The summed E-state index contributed by atoms with van der Waals surface area (Å²) in [6, 6.07) is 11.1. The Balaban J connectivity index is 1.87. The summed E-state index contributed by atoms with van der Waals surface area (Å²) in [7, 11) is 0. The van der Waals surface area contributed by atoms with Gasteiger partial charge in [-0.15, -0.1) is 0 Å². The number of hydrogen-bond donors (Lipinski definition) is 1. The van der Waals surface area contributed by atoms with E-state index >= 15 is 0 Å². The maximum Gasteiger partial charge on any atom is 0.0621 e. The first-order valence-corrected chi connectivity index (χ1v) is 6.75. The van der Waals surface area contributed by atoms with E-state index in [-0.39, 0.29) is 0 Å². The highest BCUT2D eigenvalue weighted by Gasteiger charge is 2.28. The summed E-state index contributed by atoms with van der Waals surface area (Å²) < 4.78 is 0. The Morgan fingerprint density at radius 1 is 1.28 bits per heavy atom. The molecule has 0 unspecified atom stereocenters. The zero-order chi connectivity index (χ0) is 12.8. The fourth-order valence-electron chi connectivity index (χ4n) is 2.25. The normalized spacial score (nSPS) is 14.7. The van der Waals surface area contributed by atoms with Crippen molar-refractivity contribution in [2.24, 2.45) is 0 Å². The average molecular weight is 243 g/mol. The molecule has 1 saturated carbocycles. The molecule has 0 aromatic heterocycles. The predicted octanol–water partition coefficient (Wildman–Crippen LogP) is 2.93. The maximum atomic E-state index is 8.54. The smallest absolute Gasteiger partial charge is 0.0621 e. The first-order chi connectivity index (χ1) is 8.81. The van der Waals surface area contributed by atoms with E-state index in [0.717, 1.165) is 37.7 Å². The summed E-state index contributed by atoms with van der Waals surface area (Å²) in [6.07, 6.45) is 5.41. The Kier molecular flexibility index (Phi) is 4.60. The molecule has 0 bridgehead atoms. The monoisotopic (exact) mass is 243 g/mol. The number of nitriles is 1. The van der Waals surface area contributed by atoms with Crippen LogP contribution in [-0.4, -0.2) is 17.5 Å². The van der Waals surface area contributed by atoms with Gasteiger partial charge in [-0.05, 0) is 43.9 Å². The molecule has 96 valence electrons. The molecule has 1 fully saturated rings. The minimum absolute atomic E-state index is 0.673. The lowest BCUT2D eigenvalue weighted by Crippen LogP contribution is -2.27. The number of hydrogen-bond acceptors (Lipinski definition) is 3. The van der Waals surface area contributed by atoms with Crippen molar-refractivity contribution < 1.29 is 0 Å². The Hall–Kier alpha value is -1.53. The quantitative estimate of drug-likeness (QED) is 0.591. The second kappa shape index (κ2) is 6.42. The van der Waals surface area contributed by atoms with E-state index in [1.807, 2.05) is 18.2 Å². The van der Waals surface area contributed by atoms with Crippen LogP contribution in [-0.2, 0) is 6.54 Å². The first-order valence-electron chi connectivity index (χ1n) is 6.75. The molecule has 1 aromatic rings. The fraction of sp³-hybridized carbons (Fsp3) is 0.533. The van der Waals surface area contributed by atoms with Crippen molar-refractivity contribution >= 4 is 5.69 Å². The van der Waals surface area contributed by atoms with Gasteiger partial charge in [-0.25, -0.2) is 0 Å². The molecular weight excluding hydrogens is 222 g/mol. The summed E-state index contributed by atoms with van der Waals surface area (Å²) in [4.78, 5) is 2.52. The third kappa shape index (κ3) is 3.75. The molecule has 1 aliphatic carbocycles. The highest BCUT2D eigenvalue weighted by Crippen LogP contribution is 2.29. The standard InChI is InChI=1S/C15H21N3/c16-10-4-1-5-11-18(14-8-9-14)12-13-6-2-3-7-15(13)17/h2-3,6-7,14H,1,4-5,8-9,11-12,17H2. The Morgan fingerprint density at radius 3 is 2.72 bits per heavy atom. The topological polar surface area (TPSA) is 53.0 Å². The van der Waals surface area contributed by atoms with Gasteiger partial charge in [0, 0.05) is 24.7 Å². The van der Waals surface area contributed by atoms with Crippen molar-refractivity contribution in [2.45, 2.75) is 44.7 Å². The minimum atomic E-state index is 0.673. The Bertz CT molecular complexity index is 418. The van der Waals surface area contributed by atoms with Crippen LogP contribution in [0.2, 0.25) is 0 Å². The number of rotatable bonds is 7. The van der Waals surface area contributed by atoms with Gasteiger partial charge in [0.05, 0.1) is 6.07 Å². The maximum absolute atomic E-state index is 8.54. The summed E-state index contributed by atoms with van der Waals surface area (Å²) in [5.41, 5.74) is 8.11. The van der Waals surface area contributed by atoms with Gasteiger partial charge in [0.1, 0.15) is 0 Å². The van der Waals surface area contributed by atoms with Gasteiger partial charge in [-0.3, -0.25) is 4.90 Å². The van der Waals surface area contributed by atoms with Crippen LogP contribution in [0.5, 0.6) is 0 Å². The van der Waals surface area contributed by atoms with Gasteiger partial charge in [0.2, 0.25) is 0 Å². The highest BCUT2D eigenvalue weighted by atomic mass is 15.2. The van der Waals surface area contributed by atoms with Crippen molar-refractivity contribution in [3.8, 4) is 6.07 Å². The van der Waals surface area contributed by atoms with Gasteiger partial charge in [0.25, 0.3) is 0 Å². The van der Waals surface area contributed by atoms with Gasteiger partial charge < -0.3 is 5.73 Å². The second-order valence-electron chi connectivity index (χ2n) is 5.02. The highest BCUT2D eigenvalue weighted by molar-refractivity contribution is 5.46. The lowest BCUT2D eigenvalue weighted by Gasteiger charge is -2.22. The van der Waals surface area contributed by atoms with Crippen molar-refractivity contribution in [1.29, 1.82) is 5.26 Å². The van der Waals surface area contributed by atoms with Crippen LogP contribution < -0.4 is 5.73 Å². The molecule has 0 saturated heterocycles. The molecule has 1 aromatic carbocycles. The Labute approximate surface area is 109 Å². The molecule has 0 heterocycles. The molecule has 2 N–H and O–H groups in total. The van der Waals surface area contributed by atoms with Gasteiger partial charge >= 0.3 is 0 Å². The van der Waals surface area contributed by atoms with E-state index in [9.17, 15) is 0 Å². The van der Waals surface area contributed by atoms with E-state index < -0.39 is 0 Å². The van der Waals surface area contributed by atoms with Crippen molar-refractivity contribution in [3.63, 3.8) is 0 Å². The Morgan fingerprint density at radius 2 is 2.06 bits per heavy atom. The number of nitrogens with zero attached hydrogens (tertiary/aromatic N) is 2. The van der Waals surface area contributed by atoms with Crippen LogP contribution in [0.1, 0.15) is 37.7 Å². The van der Waals surface area contributed by atoms with Crippen molar-refractivity contribution in [2.75, 3.05) is 12.3 Å². The minimum Gasteiger partial charge on any atom is -0.398 e. The van der Waals surface area contributed by atoms with E-state index in [1.165, 1.54) is 18.4 Å². The van der Waals surface area contributed by atoms with E-state index in [0.29, 0.717) is 6.42 Å². The lowest BCUT2D eigenvalue weighted by molar-refractivity contribution is 0.250. The molecule has 1 aliphatic rings. The fourth-order valence-corrected chi connectivity index (χ4v) is 2.25. The molecule has 18 heavy (non-hydrogen) atoms. The number of anilines is 1. The molecule has 3 heteroatoms. The average Bonchev–Trinajstić information content (AvgIpc) is 3.20. The largest absolute Gasteiger partial charge is 0.398 e. The zero-order valence-electron chi connectivity index (χ0n) is 10.8. The van der Waals surface area contributed by atoms with Crippen LogP contribution in [0.3, 0.4) is 0 Å². The predicted molar refractivity (Wildman–Crippen MR) is 73.8 cm³/mol. The lowest BCUT2D eigenvalue weighted by atomic mass is 10.1. The summed E-state index contributed by atoms with van der Waals surface area (Å²) in [5.74, 6) is 0. The van der Waals surface area contributed by atoms with Crippen LogP contribution in [0.4, 0.5) is 5.69 Å². The summed E-state index contributed by atoms with van der Waals surface area (Å²) in [5, 5.41) is 8.54. The number of para-hydroxylation sites is 1. The number of unbranched alkanes of at least 4 members (excludes halogenated alkanes) is 2. The number of nitrogen functional groups attached to an aromatic ring is 1. The zero-order valence-corrected chi connectivity index (χ0v) is 10.8. The van der Waals surface area contributed by atoms with E-state index in [4.69, 9.17) is 11.0 Å². The van der Waals surface area contributed by atoms with Crippen molar-refractivity contribution in [1.82, 2.24) is 4.90 Å². The van der Waals surface area contributed by atoms with Crippen LogP contribution in [0.25, 0.3) is 0 Å². The second-order valence-corrected chi connectivity index (χ2v) is 5.02.